The second-order valence-electron chi connectivity index (χ2n) is 5.35. The first-order valence-corrected chi connectivity index (χ1v) is 7.16. The van der Waals surface area contributed by atoms with Crippen LogP contribution >= 0.6 is 0 Å². The predicted octanol–water partition coefficient (Wildman–Crippen LogP) is 3.60. The highest BCUT2D eigenvalue weighted by molar-refractivity contribution is 5.23. The van der Waals surface area contributed by atoms with E-state index in [1.807, 2.05) is 7.05 Å². The first-order valence-electron chi connectivity index (χ1n) is 7.16. The number of aryl methyl sites for hydroxylation is 1. The minimum atomic E-state index is 0.193. The Morgan fingerprint density at radius 3 is 2.44 bits per heavy atom. The molecule has 2 rings (SSSR count). The maximum Gasteiger partial charge on any atom is 0.0952 e. The van der Waals surface area contributed by atoms with Crippen LogP contribution in [0.15, 0.2) is 24.3 Å². The number of rotatable bonds is 5. The Bertz CT molecular complexity index is 341. The van der Waals surface area contributed by atoms with Crippen LogP contribution in [0.2, 0.25) is 0 Å². The molecule has 0 heterocycles. The second-order valence-corrected chi connectivity index (χ2v) is 5.35. The van der Waals surface area contributed by atoms with Gasteiger partial charge in [-0.3, -0.25) is 0 Å². The number of hydrogen-bond acceptors (Lipinski definition) is 2. The standard InChI is InChI=1S/C16H25NO/c1-13-8-10-14(11-9-13)16(12-17-2)18-15-6-4-3-5-7-15/h8-11,15-17H,3-7,12H2,1-2H3. The van der Waals surface area contributed by atoms with Crippen LogP contribution in [-0.2, 0) is 4.74 Å². The van der Waals surface area contributed by atoms with Crippen molar-refractivity contribution in [1.82, 2.24) is 5.32 Å². The third kappa shape index (κ3) is 3.82. The average molecular weight is 247 g/mol. The lowest BCUT2D eigenvalue weighted by Gasteiger charge is -2.28. The van der Waals surface area contributed by atoms with E-state index in [0.717, 1.165) is 6.54 Å². The van der Waals surface area contributed by atoms with Gasteiger partial charge in [-0.1, -0.05) is 49.1 Å². The fraction of sp³-hybridized carbons (Fsp3) is 0.625. The molecule has 1 aromatic rings. The summed E-state index contributed by atoms with van der Waals surface area (Å²) < 4.78 is 6.30. The number of benzene rings is 1. The van der Waals surface area contributed by atoms with E-state index in [2.05, 4.69) is 36.5 Å². The molecule has 1 saturated carbocycles. The van der Waals surface area contributed by atoms with Gasteiger partial charge in [0.2, 0.25) is 0 Å². The van der Waals surface area contributed by atoms with Crippen molar-refractivity contribution in [3.63, 3.8) is 0 Å². The molecule has 2 nitrogen and oxygen atoms in total. The molecule has 1 atom stereocenters. The number of likely N-dealkylation sites (N-methyl/N-ethyl adjacent to an activating group) is 1. The van der Waals surface area contributed by atoms with Gasteiger partial charge in [0.15, 0.2) is 0 Å². The van der Waals surface area contributed by atoms with Crippen LogP contribution in [0.4, 0.5) is 0 Å². The SMILES string of the molecule is CNCC(OC1CCCCC1)c1ccc(C)cc1. The summed E-state index contributed by atoms with van der Waals surface area (Å²) in [5.41, 5.74) is 2.60. The van der Waals surface area contributed by atoms with Crippen molar-refractivity contribution in [3.05, 3.63) is 35.4 Å². The minimum Gasteiger partial charge on any atom is -0.369 e. The van der Waals surface area contributed by atoms with Crippen molar-refractivity contribution >= 4 is 0 Å². The number of nitrogens with one attached hydrogen (secondary N) is 1. The van der Waals surface area contributed by atoms with Crippen LogP contribution in [0.3, 0.4) is 0 Å². The van der Waals surface area contributed by atoms with E-state index < -0.39 is 0 Å². The molecular formula is C16H25NO. The summed E-state index contributed by atoms with van der Waals surface area (Å²) in [7, 11) is 1.99. The maximum atomic E-state index is 6.30. The molecule has 0 aromatic heterocycles. The fourth-order valence-corrected chi connectivity index (χ4v) is 2.64. The van der Waals surface area contributed by atoms with Gasteiger partial charge >= 0.3 is 0 Å². The topological polar surface area (TPSA) is 21.3 Å². The summed E-state index contributed by atoms with van der Waals surface area (Å²) in [5, 5.41) is 3.25. The largest absolute Gasteiger partial charge is 0.369 e. The Morgan fingerprint density at radius 1 is 1.17 bits per heavy atom. The average Bonchev–Trinajstić information content (AvgIpc) is 2.40. The van der Waals surface area contributed by atoms with E-state index in [1.54, 1.807) is 0 Å². The van der Waals surface area contributed by atoms with E-state index in [-0.39, 0.29) is 6.10 Å². The molecule has 100 valence electrons. The summed E-state index contributed by atoms with van der Waals surface area (Å²) in [5.74, 6) is 0. The monoisotopic (exact) mass is 247 g/mol. The first-order chi connectivity index (χ1) is 8.79. The molecule has 0 spiro atoms. The van der Waals surface area contributed by atoms with Gasteiger partial charge in [0, 0.05) is 6.54 Å². The van der Waals surface area contributed by atoms with E-state index in [1.165, 1.54) is 43.2 Å². The predicted molar refractivity (Wildman–Crippen MR) is 75.8 cm³/mol. The molecule has 1 aliphatic carbocycles. The zero-order valence-electron chi connectivity index (χ0n) is 11.6. The van der Waals surface area contributed by atoms with Gasteiger partial charge in [0.05, 0.1) is 12.2 Å². The van der Waals surface area contributed by atoms with Crippen LogP contribution in [0.25, 0.3) is 0 Å². The Kier molecular flexibility index (Phi) is 5.21. The van der Waals surface area contributed by atoms with Crippen molar-refractivity contribution < 1.29 is 4.74 Å². The van der Waals surface area contributed by atoms with Crippen molar-refractivity contribution in [2.24, 2.45) is 0 Å². The molecule has 0 bridgehead atoms. The Morgan fingerprint density at radius 2 is 1.83 bits per heavy atom. The van der Waals surface area contributed by atoms with Crippen LogP contribution in [0, 0.1) is 6.92 Å². The summed E-state index contributed by atoms with van der Waals surface area (Å²) in [6, 6.07) is 8.73. The normalized spacial score (nSPS) is 18.8. The molecule has 0 amide bonds. The molecule has 0 saturated heterocycles. The summed E-state index contributed by atoms with van der Waals surface area (Å²) in [6.45, 7) is 3.01. The Hall–Kier alpha value is -0.860. The maximum absolute atomic E-state index is 6.30. The molecule has 1 fully saturated rings. The third-order valence-electron chi connectivity index (χ3n) is 3.75. The molecule has 0 aliphatic heterocycles. The van der Waals surface area contributed by atoms with Crippen molar-refractivity contribution in [2.45, 2.75) is 51.2 Å². The molecule has 2 heteroatoms. The molecular weight excluding hydrogens is 222 g/mol. The van der Waals surface area contributed by atoms with Crippen LogP contribution in [0.5, 0.6) is 0 Å². The number of ether oxygens (including phenoxy) is 1. The van der Waals surface area contributed by atoms with Crippen LogP contribution in [-0.4, -0.2) is 19.7 Å². The Labute approximate surface area is 111 Å². The lowest BCUT2D eigenvalue weighted by Crippen LogP contribution is -2.26. The Balaban J connectivity index is 2.00. The van der Waals surface area contributed by atoms with Gasteiger partial charge < -0.3 is 10.1 Å². The fourth-order valence-electron chi connectivity index (χ4n) is 2.64. The molecule has 18 heavy (non-hydrogen) atoms. The van der Waals surface area contributed by atoms with Crippen LogP contribution < -0.4 is 5.32 Å². The highest BCUT2D eigenvalue weighted by Crippen LogP contribution is 2.26. The van der Waals surface area contributed by atoms with Gasteiger partial charge in [-0.2, -0.15) is 0 Å². The smallest absolute Gasteiger partial charge is 0.0952 e. The zero-order chi connectivity index (χ0) is 12.8. The lowest BCUT2D eigenvalue weighted by molar-refractivity contribution is -0.0298. The zero-order valence-corrected chi connectivity index (χ0v) is 11.6. The summed E-state index contributed by atoms with van der Waals surface area (Å²) >= 11 is 0. The highest BCUT2D eigenvalue weighted by atomic mass is 16.5. The van der Waals surface area contributed by atoms with Gasteiger partial charge in [0.25, 0.3) is 0 Å². The lowest BCUT2D eigenvalue weighted by atomic mass is 9.97. The first kappa shape index (κ1) is 13.6. The van der Waals surface area contributed by atoms with Gasteiger partial charge in [0.1, 0.15) is 0 Å². The van der Waals surface area contributed by atoms with E-state index in [0.29, 0.717) is 6.10 Å². The van der Waals surface area contributed by atoms with Crippen molar-refractivity contribution in [1.29, 1.82) is 0 Å². The quantitative estimate of drug-likeness (QED) is 0.858. The van der Waals surface area contributed by atoms with Crippen LogP contribution in [0.1, 0.15) is 49.3 Å². The van der Waals surface area contributed by atoms with Gasteiger partial charge in [-0.15, -0.1) is 0 Å². The number of hydrogen-bond donors (Lipinski definition) is 1. The van der Waals surface area contributed by atoms with Crippen molar-refractivity contribution in [3.8, 4) is 0 Å². The minimum absolute atomic E-state index is 0.193. The molecule has 0 radical (unpaired) electrons. The molecule has 1 unspecified atom stereocenters. The third-order valence-corrected chi connectivity index (χ3v) is 3.75. The second kappa shape index (κ2) is 6.91. The summed E-state index contributed by atoms with van der Waals surface area (Å²) in [4.78, 5) is 0. The summed E-state index contributed by atoms with van der Waals surface area (Å²) in [6.07, 6.45) is 7.13. The van der Waals surface area contributed by atoms with Crippen molar-refractivity contribution in [2.75, 3.05) is 13.6 Å². The van der Waals surface area contributed by atoms with Gasteiger partial charge in [-0.25, -0.2) is 0 Å². The van der Waals surface area contributed by atoms with E-state index in [4.69, 9.17) is 4.74 Å². The van der Waals surface area contributed by atoms with Gasteiger partial charge in [-0.05, 0) is 32.4 Å². The van der Waals surface area contributed by atoms with E-state index >= 15 is 0 Å². The van der Waals surface area contributed by atoms with E-state index in [9.17, 15) is 0 Å². The molecule has 1 aliphatic rings. The highest BCUT2D eigenvalue weighted by Gasteiger charge is 2.19. The molecule has 1 aromatic carbocycles. The molecule has 1 N–H and O–H groups in total.